The van der Waals surface area contributed by atoms with Gasteiger partial charge in [-0.15, -0.1) is 0 Å². The van der Waals surface area contributed by atoms with Gasteiger partial charge < -0.3 is 1.43 Å². The van der Waals surface area contributed by atoms with Crippen LogP contribution in [0.25, 0.3) is 0 Å². The standard InChI is InChI=1S/C7H5NO3S.Na.H/c9-7-5-3-1-2-4-6(5)12(10,11)8-7;;/h1-4H,(H,8,9);;/q;+1;-1. The van der Waals surface area contributed by atoms with Crippen molar-refractivity contribution in [3.8, 4) is 0 Å². The molecular formula is C7H6NNaO3S. The Hall–Kier alpha value is -0.360. The van der Waals surface area contributed by atoms with E-state index >= 15 is 0 Å². The van der Waals surface area contributed by atoms with Crippen LogP contribution in [0, 0.1) is 0 Å². The quantitative estimate of drug-likeness (QED) is 0.469. The maximum atomic E-state index is 11.1. The molecule has 0 radical (unpaired) electrons. The second-order valence-corrected chi connectivity index (χ2v) is 4.08. The fraction of sp³-hybridized carbons (Fsp3) is 0. The van der Waals surface area contributed by atoms with Crippen LogP contribution in [0.3, 0.4) is 0 Å². The van der Waals surface area contributed by atoms with Crippen molar-refractivity contribution in [3.63, 3.8) is 0 Å². The molecule has 0 unspecified atom stereocenters. The molecule has 0 atom stereocenters. The molecule has 0 aliphatic carbocycles. The van der Waals surface area contributed by atoms with Gasteiger partial charge in [0.2, 0.25) is 0 Å². The number of carbonyl (C=O) groups is 1. The molecule has 0 saturated heterocycles. The molecule has 0 fully saturated rings. The number of carbonyl (C=O) groups excluding carboxylic acids is 1. The van der Waals surface area contributed by atoms with Crippen molar-refractivity contribution in [2.75, 3.05) is 0 Å². The van der Waals surface area contributed by atoms with E-state index in [9.17, 15) is 13.2 Å². The van der Waals surface area contributed by atoms with Gasteiger partial charge in [0.1, 0.15) is 4.90 Å². The Labute approximate surface area is 99.2 Å². The fourth-order valence-electron chi connectivity index (χ4n) is 1.12. The molecule has 6 heteroatoms. The molecule has 1 aromatic carbocycles. The predicted molar refractivity (Wildman–Crippen MR) is 42.2 cm³/mol. The topological polar surface area (TPSA) is 63.2 Å². The van der Waals surface area contributed by atoms with E-state index in [-0.39, 0.29) is 41.4 Å². The molecule has 0 spiro atoms. The first kappa shape index (κ1) is 10.7. The van der Waals surface area contributed by atoms with Crippen LogP contribution in [0.1, 0.15) is 11.8 Å². The third kappa shape index (κ3) is 1.65. The van der Waals surface area contributed by atoms with Gasteiger partial charge in [-0.1, -0.05) is 12.1 Å². The van der Waals surface area contributed by atoms with Crippen molar-refractivity contribution in [2.24, 2.45) is 0 Å². The van der Waals surface area contributed by atoms with Gasteiger partial charge in [0.05, 0.1) is 5.56 Å². The Morgan fingerprint density at radius 3 is 2.46 bits per heavy atom. The minimum Gasteiger partial charge on any atom is -1.00 e. The van der Waals surface area contributed by atoms with Crippen LogP contribution in [-0.4, -0.2) is 14.3 Å². The number of sulfonamides is 1. The molecule has 64 valence electrons. The largest absolute Gasteiger partial charge is 1.00 e. The summed E-state index contributed by atoms with van der Waals surface area (Å²) in [6.45, 7) is 0. The number of nitrogens with one attached hydrogen (secondary N) is 1. The molecule has 0 saturated carbocycles. The Morgan fingerprint density at radius 1 is 1.23 bits per heavy atom. The van der Waals surface area contributed by atoms with E-state index in [2.05, 4.69) is 0 Å². The number of rotatable bonds is 0. The van der Waals surface area contributed by atoms with Crippen LogP contribution >= 0.6 is 0 Å². The van der Waals surface area contributed by atoms with E-state index in [0.29, 0.717) is 0 Å². The second kappa shape index (κ2) is 3.42. The summed E-state index contributed by atoms with van der Waals surface area (Å²) in [5.41, 5.74) is 0.220. The van der Waals surface area contributed by atoms with Gasteiger partial charge in [0.15, 0.2) is 0 Å². The molecule has 1 N–H and O–H groups in total. The van der Waals surface area contributed by atoms with Crippen LogP contribution in [0.5, 0.6) is 0 Å². The number of hydrogen-bond donors (Lipinski definition) is 1. The third-order valence-electron chi connectivity index (χ3n) is 1.65. The number of amides is 1. The average molecular weight is 207 g/mol. The van der Waals surface area contributed by atoms with Crippen molar-refractivity contribution < 1.29 is 44.2 Å². The first-order valence-corrected chi connectivity index (χ1v) is 4.76. The molecule has 1 amide bonds. The van der Waals surface area contributed by atoms with Crippen molar-refractivity contribution in [3.05, 3.63) is 29.8 Å². The van der Waals surface area contributed by atoms with E-state index in [1.807, 2.05) is 4.72 Å². The summed E-state index contributed by atoms with van der Waals surface area (Å²) in [7, 11) is -3.55. The zero-order chi connectivity index (χ0) is 8.77. The predicted octanol–water partition coefficient (Wildman–Crippen LogP) is -2.76. The van der Waals surface area contributed by atoms with Crippen molar-refractivity contribution >= 4 is 15.9 Å². The Balaban J connectivity index is 0.000000845. The second-order valence-electron chi connectivity index (χ2n) is 2.43. The first-order chi connectivity index (χ1) is 5.61. The molecule has 1 heterocycles. The summed E-state index contributed by atoms with van der Waals surface area (Å²) in [4.78, 5) is 11.1. The van der Waals surface area contributed by atoms with E-state index < -0.39 is 15.9 Å². The van der Waals surface area contributed by atoms with E-state index in [0.717, 1.165) is 0 Å². The summed E-state index contributed by atoms with van der Waals surface area (Å²) in [5.74, 6) is -0.550. The fourth-order valence-corrected chi connectivity index (χ4v) is 2.29. The van der Waals surface area contributed by atoms with Gasteiger partial charge in [0, 0.05) is 0 Å². The van der Waals surface area contributed by atoms with Gasteiger partial charge in [-0.25, -0.2) is 13.1 Å². The van der Waals surface area contributed by atoms with Crippen molar-refractivity contribution in [1.82, 2.24) is 4.72 Å². The first-order valence-electron chi connectivity index (χ1n) is 3.27. The van der Waals surface area contributed by atoms with Crippen LogP contribution in [0.2, 0.25) is 0 Å². The normalized spacial score (nSPS) is 17.1. The van der Waals surface area contributed by atoms with Gasteiger partial charge in [-0.3, -0.25) is 4.79 Å². The van der Waals surface area contributed by atoms with E-state index in [1.165, 1.54) is 12.1 Å². The monoisotopic (exact) mass is 207 g/mol. The minimum atomic E-state index is -3.55. The van der Waals surface area contributed by atoms with Crippen LogP contribution < -0.4 is 34.3 Å². The van der Waals surface area contributed by atoms with Crippen molar-refractivity contribution in [1.29, 1.82) is 0 Å². The zero-order valence-corrected chi connectivity index (χ0v) is 9.76. The molecule has 4 nitrogen and oxygen atoms in total. The van der Waals surface area contributed by atoms with Crippen LogP contribution in [0.4, 0.5) is 0 Å². The maximum absolute atomic E-state index is 11.1. The number of benzene rings is 1. The van der Waals surface area contributed by atoms with Gasteiger partial charge in [0.25, 0.3) is 15.9 Å². The SMILES string of the molecule is O=C1NS(=O)(=O)c2ccccc21.[H-].[Na+]. The van der Waals surface area contributed by atoms with Gasteiger partial charge in [-0.05, 0) is 12.1 Å². The van der Waals surface area contributed by atoms with Crippen LogP contribution in [-0.2, 0) is 10.0 Å². The summed E-state index contributed by atoms with van der Waals surface area (Å²) in [6, 6.07) is 6.09. The average Bonchev–Trinajstić information content (AvgIpc) is 2.25. The molecule has 1 aromatic rings. The molecule has 2 rings (SSSR count). The summed E-state index contributed by atoms with van der Waals surface area (Å²) >= 11 is 0. The zero-order valence-electron chi connectivity index (χ0n) is 7.94. The van der Waals surface area contributed by atoms with E-state index in [4.69, 9.17) is 0 Å². The Morgan fingerprint density at radius 2 is 1.85 bits per heavy atom. The maximum Gasteiger partial charge on any atom is 1.00 e. The Bertz CT molecular complexity index is 460. The van der Waals surface area contributed by atoms with Crippen LogP contribution in [0.15, 0.2) is 29.2 Å². The molecule has 1 aliphatic heterocycles. The molecular weight excluding hydrogens is 201 g/mol. The summed E-state index contributed by atoms with van der Waals surface area (Å²) < 4.78 is 24.2. The number of fused-ring (bicyclic) bond motifs is 1. The summed E-state index contributed by atoms with van der Waals surface area (Å²) in [6.07, 6.45) is 0. The third-order valence-corrected chi connectivity index (χ3v) is 3.04. The van der Waals surface area contributed by atoms with Crippen molar-refractivity contribution in [2.45, 2.75) is 4.90 Å². The molecule has 1 aliphatic rings. The smallest absolute Gasteiger partial charge is 1.00 e. The van der Waals surface area contributed by atoms with Gasteiger partial charge in [-0.2, -0.15) is 0 Å². The molecule has 0 bridgehead atoms. The summed E-state index contributed by atoms with van der Waals surface area (Å²) in [5, 5.41) is 0. The van der Waals surface area contributed by atoms with Gasteiger partial charge >= 0.3 is 29.6 Å². The van der Waals surface area contributed by atoms with E-state index in [1.54, 1.807) is 12.1 Å². The Kier molecular flexibility index (Phi) is 2.82. The molecule has 0 aromatic heterocycles. The number of hydrogen-bond acceptors (Lipinski definition) is 3. The molecule has 13 heavy (non-hydrogen) atoms. The minimum absolute atomic E-state index is 0.